The minimum atomic E-state index is -0.684. The molecule has 3 rings (SSSR count). The molecule has 0 fully saturated rings. The summed E-state index contributed by atoms with van der Waals surface area (Å²) in [5.74, 6) is -1.32. The number of hydrogen-bond donors (Lipinski definition) is 0. The summed E-state index contributed by atoms with van der Waals surface area (Å²) in [7, 11) is 0. The molecule has 0 saturated heterocycles. The average Bonchev–Trinajstić information content (AvgIpc) is 2.91. The van der Waals surface area contributed by atoms with E-state index in [1.165, 1.54) is 41.7 Å². The van der Waals surface area contributed by atoms with Crippen LogP contribution in [0, 0.1) is 15.9 Å². The number of aromatic nitrogens is 1. The van der Waals surface area contributed by atoms with Gasteiger partial charge in [0.1, 0.15) is 5.82 Å². The van der Waals surface area contributed by atoms with Gasteiger partial charge in [-0.1, -0.05) is 23.5 Å². The lowest BCUT2D eigenvalue weighted by molar-refractivity contribution is -0.384. The van der Waals surface area contributed by atoms with Crippen LogP contribution in [0.2, 0.25) is 0 Å². The van der Waals surface area contributed by atoms with Crippen LogP contribution in [0.4, 0.5) is 10.1 Å². The predicted molar refractivity (Wildman–Crippen MR) is 88.4 cm³/mol. The number of non-ortho nitro benzene ring substituents is 1. The molecule has 24 heavy (non-hydrogen) atoms. The van der Waals surface area contributed by atoms with Crippen LogP contribution in [0.5, 0.6) is 0 Å². The van der Waals surface area contributed by atoms with E-state index in [1.807, 2.05) is 6.92 Å². The number of nitrogens with zero attached hydrogens (tertiary/aromatic N) is 3. The van der Waals surface area contributed by atoms with Gasteiger partial charge in [0, 0.05) is 18.7 Å². The van der Waals surface area contributed by atoms with Crippen LogP contribution in [0.3, 0.4) is 0 Å². The van der Waals surface area contributed by atoms with Gasteiger partial charge in [0.2, 0.25) is 0 Å². The maximum atomic E-state index is 13.7. The largest absolute Gasteiger partial charge is 0.316 e. The number of hydrogen-bond acceptors (Lipinski definition) is 4. The average molecular weight is 345 g/mol. The summed E-state index contributed by atoms with van der Waals surface area (Å²) >= 11 is 1.23. The van der Waals surface area contributed by atoms with Gasteiger partial charge in [-0.25, -0.2) is 4.39 Å². The van der Waals surface area contributed by atoms with Crippen molar-refractivity contribution in [3.63, 3.8) is 0 Å². The van der Waals surface area contributed by atoms with Crippen molar-refractivity contribution in [3.05, 3.63) is 68.8 Å². The van der Waals surface area contributed by atoms with E-state index >= 15 is 0 Å². The minimum Gasteiger partial charge on any atom is -0.316 e. The van der Waals surface area contributed by atoms with Gasteiger partial charge in [0.05, 0.1) is 20.7 Å². The zero-order chi connectivity index (χ0) is 17.3. The molecule has 0 aliphatic rings. The van der Waals surface area contributed by atoms with E-state index in [1.54, 1.807) is 16.7 Å². The van der Waals surface area contributed by atoms with E-state index in [9.17, 15) is 19.3 Å². The molecule has 0 N–H and O–H groups in total. The number of carbonyl (C=O) groups is 1. The van der Waals surface area contributed by atoms with Crippen molar-refractivity contribution < 1.29 is 14.1 Å². The Hall–Kier alpha value is -2.87. The lowest BCUT2D eigenvalue weighted by Crippen LogP contribution is -2.16. The van der Waals surface area contributed by atoms with E-state index in [2.05, 4.69) is 4.99 Å². The van der Waals surface area contributed by atoms with Gasteiger partial charge in [-0.2, -0.15) is 4.99 Å². The number of carbonyl (C=O) groups excluding carboxylic acids is 1. The fraction of sp³-hybridized carbons (Fsp3) is 0.125. The molecule has 8 heteroatoms. The van der Waals surface area contributed by atoms with E-state index in [0.29, 0.717) is 16.9 Å². The quantitative estimate of drug-likeness (QED) is 0.538. The first-order valence-corrected chi connectivity index (χ1v) is 7.94. The molecule has 6 nitrogen and oxygen atoms in total. The minimum absolute atomic E-state index is 0.0329. The van der Waals surface area contributed by atoms with Gasteiger partial charge in [-0.3, -0.25) is 14.9 Å². The summed E-state index contributed by atoms with van der Waals surface area (Å²) in [6.45, 7) is 2.32. The highest BCUT2D eigenvalue weighted by atomic mass is 32.1. The number of rotatable bonds is 3. The number of benzene rings is 2. The number of aryl methyl sites for hydroxylation is 1. The Morgan fingerprint density at radius 2 is 2.08 bits per heavy atom. The monoisotopic (exact) mass is 345 g/mol. The van der Waals surface area contributed by atoms with E-state index < -0.39 is 16.6 Å². The van der Waals surface area contributed by atoms with Crippen molar-refractivity contribution in [2.45, 2.75) is 13.5 Å². The van der Waals surface area contributed by atoms with Gasteiger partial charge in [0.15, 0.2) is 4.80 Å². The van der Waals surface area contributed by atoms with E-state index in [-0.39, 0.29) is 11.3 Å². The first kappa shape index (κ1) is 16.0. The van der Waals surface area contributed by atoms with Gasteiger partial charge >= 0.3 is 0 Å². The van der Waals surface area contributed by atoms with Crippen LogP contribution in [0.25, 0.3) is 10.2 Å². The fourth-order valence-corrected chi connectivity index (χ4v) is 3.42. The molecule has 122 valence electrons. The Morgan fingerprint density at radius 1 is 1.33 bits per heavy atom. The molecule has 0 aliphatic carbocycles. The van der Waals surface area contributed by atoms with E-state index in [4.69, 9.17) is 0 Å². The third-order valence-corrected chi connectivity index (χ3v) is 4.55. The summed E-state index contributed by atoms with van der Waals surface area (Å²) in [5.41, 5.74) is 0.481. The summed E-state index contributed by atoms with van der Waals surface area (Å²) in [6, 6.07) is 10.1. The van der Waals surface area contributed by atoms with Crippen LogP contribution < -0.4 is 4.80 Å². The van der Waals surface area contributed by atoms with Crippen LogP contribution >= 0.6 is 11.3 Å². The molecule has 0 atom stereocenters. The summed E-state index contributed by atoms with van der Waals surface area (Å²) < 4.78 is 16.2. The van der Waals surface area contributed by atoms with Crippen molar-refractivity contribution in [2.24, 2.45) is 4.99 Å². The standard InChI is InChI=1S/C16H12FN3O3S/c1-2-19-13-9-10(20(22)23)7-8-14(13)24-16(19)18-15(21)11-5-3-4-6-12(11)17/h3-9H,2H2,1H3. The van der Waals surface area contributed by atoms with Crippen LogP contribution in [0.1, 0.15) is 17.3 Å². The summed E-state index contributed by atoms with van der Waals surface area (Å²) in [4.78, 5) is 27.1. The second-order valence-electron chi connectivity index (χ2n) is 4.93. The van der Waals surface area contributed by atoms with E-state index in [0.717, 1.165) is 4.70 Å². The van der Waals surface area contributed by atoms with Crippen LogP contribution in [-0.4, -0.2) is 15.4 Å². The van der Waals surface area contributed by atoms with Gasteiger partial charge in [-0.15, -0.1) is 0 Å². The molecule has 3 aromatic rings. The third kappa shape index (κ3) is 2.83. The van der Waals surface area contributed by atoms with Crippen molar-refractivity contribution in [1.29, 1.82) is 0 Å². The SMILES string of the molecule is CCn1c(=NC(=O)c2ccccc2F)sc2ccc([N+](=O)[O-])cc21. The summed E-state index contributed by atoms with van der Waals surface area (Å²) in [6.07, 6.45) is 0. The Bertz CT molecular complexity index is 1020. The zero-order valence-corrected chi connectivity index (χ0v) is 13.4. The molecule has 0 saturated carbocycles. The molecule has 0 spiro atoms. The molecule has 1 heterocycles. The highest BCUT2D eigenvalue weighted by molar-refractivity contribution is 7.16. The first-order chi connectivity index (χ1) is 11.5. The Balaban J connectivity index is 2.17. The lowest BCUT2D eigenvalue weighted by Gasteiger charge is -2.00. The lowest BCUT2D eigenvalue weighted by atomic mass is 10.2. The fourth-order valence-electron chi connectivity index (χ4n) is 2.34. The highest BCUT2D eigenvalue weighted by Gasteiger charge is 2.14. The summed E-state index contributed by atoms with van der Waals surface area (Å²) in [5, 5.41) is 10.9. The molecular weight excluding hydrogens is 333 g/mol. The van der Waals surface area contributed by atoms with Gasteiger partial charge in [0.25, 0.3) is 11.6 Å². The van der Waals surface area contributed by atoms with Crippen molar-refractivity contribution in [2.75, 3.05) is 0 Å². The molecule has 1 amide bonds. The molecule has 0 radical (unpaired) electrons. The number of fused-ring (bicyclic) bond motifs is 1. The van der Waals surface area contributed by atoms with Crippen LogP contribution in [-0.2, 0) is 6.54 Å². The van der Waals surface area contributed by atoms with Crippen molar-refractivity contribution >= 4 is 33.1 Å². The van der Waals surface area contributed by atoms with Gasteiger partial charge in [-0.05, 0) is 25.1 Å². The van der Waals surface area contributed by atoms with Crippen molar-refractivity contribution in [1.82, 2.24) is 4.57 Å². The van der Waals surface area contributed by atoms with Gasteiger partial charge < -0.3 is 4.57 Å². The Labute approximate surface area is 139 Å². The van der Waals surface area contributed by atoms with Crippen molar-refractivity contribution in [3.8, 4) is 0 Å². The Morgan fingerprint density at radius 3 is 2.75 bits per heavy atom. The molecule has 0 unspecified atom stereocenters. The second-order valence-corrected chi connectivity index (χ2v) is 5.94. The molecular formula is C16H12FN3O3S. The molecule has 2 aromatic carbocycles. The maximum absolute atomic E-state index is 13.7. The number of thiazole rings is 1. The topological polar surface area (TPSA) is 77.5 Å². The van der Waals surface area contributed by atoms with Crippen LogP contribution in [0.15, 0.2) is 47.5 Å². The normalized spacial score (nSPS) is 11.8. The highest BCUT2D eigenvalue weighted by Crippen LogP contribution is 2.23. The second kappa shape index (κ2) is 6.32. The number of halogens is 1. The first-order valence-electron chi connectivity index (χ1n) is 7.12. The maximum Gasteiger partial charge on any atom is 0.282 e. The zero-order valence-electron chi connectivity index (χ0n) is 12.6. The third-order valence-electron chi connectivity index (χ3n) is 3.49. The number of nitro benzene ring substituents is 1. The smallest absolute Gasteiger partial charge is 0.282 e. The molecule has 0 bridgehead atoms. The number of nitro groups is 1. The molecule has 1 aromatic heterocycles. The predicted octanol–water partition coefficient (Wildman–Crippen LogP) is 3.51. The number of amides is 1. The molecule has 0 aliphatic heterocycles. The Kier molecular flexibility index (Phi) is 4.22.